The lowest BCUT2D eigenvalue weighted by molar-refractivity contribution is -0.127. The topological polar surface area (TPSA) is 58.6 Å². The molecule has 1 fully saturated rings. The number of benzene rings is 2. The summed E-state index contributed by atoms with van der Waals surface area (Å²) in [6.45, 7) is 4.79. The number of nitrogens with one attached hydrogen (secondary N) is 1. The Bertz CT molecular complexity index is 828. The predicted octanol–water partition coefficient (Wildman–Crippen LogP) is 3.63. The van der Waals surface area contributed by atoms with Gasteiger partial charge in [-0.25, -0.2) is 4.39 Å². The highest BCUT2D eigenvalue weighted by Gasteiger charge is 2.22. The standard InChI is InChI=1S/C21H21FN2O3/c1-2-20(25)24-13-11-17(12-14-24)27-16-9-7-15(8-10-16)23-21(26)18-5-3-4-6-19(18)22/h2-10,17H,1,11-14H2,(H,23,26). The molecule has 6 heteroatoms. The lowest BCUT2D eigenvalue weighted by atomic mass is 10.1. The van der Waals surface area contributed by atoms with Gasteiger partial charge in [0.2, 0.25) is 5.91 Å². The third-order valence-corrected chi connectivity index (χ3v) is 4.46. The third-order valence-electron chi connectivity index (χ3n) is 4.46. The van der Waals surface area contributed by atoms with E-state index >= 15 is 0 Å². The summed E-state index contributed by atoms with van der Waals surface area (Å²) in [5.74, 6) is -0.423. The number of carbonyl (C=O) groups is 2. The zero-order valence-corrected chi connectivity index (χ0v) is 14.9. The fourth-order valence-corrected chi connectivity index (χ4v) is 2.98. The first kappa shape index (κ1) is 18.6. The van der Waals surface area contributed by atoms with Crippen LogP contribution in [0.5, 0.6) is 5.75 Å². The predicted molar refractivity (Wildman–Crippen MR) is 101 cm³/mol. The maximum Gasteiger partial charge on any atom is 0.258 e. The smallest absolute Gasteiger partial charge is 0.258 e. The van der Waals surface area contributed by atoms with Gasteiger partial charge in [-0.2, -0.15) is 0 Å². The van der Waals surface area contributed by atoms with Crippen molar-refractivity contribution < 1.29 is 18.7 Å². The van der Waals surface area contributed by atoms with Gasteiger partial charge in [-0.1, -0.05) is 18.7 Å². The number of amides is 2. The van der Waals surface area contributed by atoms with Crippen LogP contribution in [0.3, 0.4) is 0 Å². The van der Waals surface area contributed by atoms with Crippen molar-refractivity contribution in [3.63, 3.8) is 0 Å². The molecule has 1 heterocycles. The average Bonchev–Trinajstić information content (AvgIpc) is 2.69. The van der Waals surface area contributed by atoms with E-state index < -0.39 is 11.7 Å². The van der Waals surface area contributed by atoms with E-state index in [1.54, 1.807) is 35.2 Å². The molecule has 0 aliphatic carbocycles. The van der Waals surface area contributed by atoms with Crippen LogP contribution in [0.15, 0.2) is 61.2 Å². The molecule has 1 N–H and O–H groups in total. The molecule has 2 aromatic carbocycles. The molecule has 1 saturated heterocycles. The molecule has 0 saturated carbocycles. The molecule has 0 bridgehead atoms. The number of nitrogens with zero attached hydrogens (tertiary/aromatic N) is 1. The molecule has 2 amide bonds. The highest BCUT2D eigenvalue weighted by molar-refractivity contribution is 6.04. The number of carbonyl (C=O) groups excluding carboxylic acids is 2. The summed E-state index contributed by atoms with van der Waals surface area (Å²) in [6, 6.07) is 12.8. The number of hydrogen-bond acceptors (Lipinski definition) is 3. The molecular weight excluding hydrogens is 347 g/mol. The molecule has 1 aliphatic rings. The quantitative estimate of drug-likeness (QED) is 0.820. The third kappa shape index (κ3) is 4.73. The van der Waals surface area contributed by atoms with Gasteiger partial charge in [0.05, 0.1) is 5.56 Å². The van der Waals surface area contributed by atoms with Crippen molar-refractivity contribution >= 4 is 17.5 Å². The van der Waals surface area contributed by atoms with Crippen LogP contribution in [0.1, 0.15) is 23.2 Å². The Morgan fingerprint density at radius 3 is 2.41 bits per heavy atom. The zero-order valence-electron chi connectivity index (χ0n) is 14.9. The number of halogens is 1. The second-order valence-electron chi connectivity index (χ2n) is 6.30. The first-order valence-corrected chi connectivity index (χ1v) is 8.81. The number of ether oxygens (including phenoxy) is 1. The molecule has 0 unspecified atom stereocenters. The number of piperidine rings is 1. The normalized spacial score (nSPS) is 14.5. The van der Waals surface area contributed by atoms with Crippen LogP contribution >= 0.6 is 0 Å². The van der Waals surface area contributed by atoms with Crippen LogP contribution in [0.4, 0.5) is 10.1 Å². The van der Waals surface area contributed by atoms with Gasteiger partial charge < -0.3 is 15.0 Å². The Morgan fingerprint density at radius 2 is 1.78 bits per heavy atom. The van der Waals surface area contributed by atoms with Gasteiger partial charge in [-0.05, 0) is 42.5 Å². The summed E-state index contributed by atoms with van der Waals surface area (Å²) in [5, 5.41) is 2.67. The average molecular weight is 368 g/mol. The van der Waals surface area contributed by atoms with Crippen molar-refractivity contribution in [2.75, 3.05) is 18.4 Å². The summed E-state index contributed by atoms with van der Waals surface area (Å²) >= 11 is 0. The molecule has 0 aromatic heterocycles. The molecule has 3 rings (SSSR count). The van der Waals surface area contributed by atoms with Gasteiger partial charge in [-0.3, -0.25) is 9.59 Å². The van der Waals surface area contributed by atoms with Gasteiger partial charge in [0.1, 0.15) is 17.7 Å². The van der Waals surface area contributed by atoms with Gasteiger partial charge in [0.15, 0.2) is 0 Å². The van der Waals surface area contributed by atoms with Gasteiger partial charge in [-0.15, -0.1) is 0 Å². The van der Waals surface area contributed by atoms with Crippen molar-refractivity contribution in [2.45, 2.75) is 18.9 Å². The van der Waals surface area contributed by atoms with E-state index in [4.69, 9.17) is 4.74 Å². The first-order chi connectivity index (χ1) is 13.1. The van der Waals surface area contributed by atoms with Crippen molar-refractivity contribution in [2.24, 2.45) is 0 Å². The molecule has 0 atom stereocenters. The van der Waals surface area contributed by atoms with E-state index in [1.807, 2.05) is 0 Å². The molecule has 1 aliphatic heterocycles. The van der Waals surface area contributed by atoms with Crippen LogP contribution in [0.2, 0.25) is 0 Å². The van der Waals surface area contributed by atoms with Crippen LogP contribution in [0.25, 0.3) is 0 Å². The summed E-state index contributed by atoms with van der Waals surface area (Å²) in [4.78, 5) is 25.5. The highest BCUT2D eigenvalue weighted by atomic mass is 19.1. The van der Waals surface area contributed by atoms with Crippen molar-refractivity contribution in [1.29, 1.82) is 0 Å². The lowest BCUT2D eigenvalue weighted by Crippen LogP contribution is -2.41. The largest absolute Gasteiger partial charge is 0.490 e. The van der Waals surface area contributed by atoms with E-state index in [0.717, 1.165) is 12.8 Å². The van der Waals surface area contributed by atoms with Gasteiger partial charge in [0, 0.05) is 31.6 Å². The molecule has 0 radical (unpaired) electrons. The van der Waals surface area contributed by atoms with Crippen LogP contribution < -0.4 is 10.1 Å². The monoisotopic (exact) mass is 368 g/mol. The van der Waals surface area contributed by atoms with E-state index in [2.05, 4.69) is 11.9 Å². The SMILES string of the molecule is C=CC(=O)N1CCC(Oc2ccc(NC(=O)c3ccccc3F)cc2)CC1. The maximum absolute atomic E-state index is 13.7. The highest BCUT2D eigenvalue weighted by Crippen LogP contribution is 2.22. The van der Waals surface area contributed by atoms with Gasteiger partial charge in [0.25, 0.3) is 5.91 Å². The van der Waals surface area contributed by atoms with E-state index in [1.165, 1.54) is 24.3 Å². The molecule has 140 valence electrons. The van der Waals surface area contributed by atoms with E-state index in [9.17, 15) is 14.0 Å². The molecule has 27 heavy (non-hydrogen) atoms. The summed E-state index contributed by atoms with van der Waals surface area (Å²) in [5.41, 5.74) is 0.556. The fourth-order valence-electron chi connectivity index (χ4n) is 2.98. The van der Waals surface area contributed by atoms with Crippen molar-refractivity contribution in [1.82, 2.24) is 4.90 Å². The Kier molecular flexibility index (Phi) is 5.86. The Morgan fingerprint density at radius 1 is 1.11 bits per heavy atom. The molecular formula is C21H21FN2O3. The van der Waals surface area contributed by atoms with E-state index in [-0.39, 0.29) is 17.6 Å². The Balaban J connectivity index is 1.54. The molecule has 5 nitrogen and oxygen atoms in total. The van der Waals surface area contributed by atoms with Crippen molar-refractivity contribution in [3.8, 4) is 5.75 Å². The number of anilines is 1. The fraction of sp³-hybridized carbons (Fsp3) is 0.238. The molecule has 0 spiro atoms. The number of rotatable bonds is 5. The second kappa shape index (κ2) is 8.49. The number of likely N-dealkylation sites (tertiary alicyclic amines) is 1. The van der Waals surface area contributed by atoms with Crippen LogP contribution in [-0.2, 0) is 4.79 Å². The Hall–Kier alpha value is -3.15. The van der Waals surface area contributed by atoms with Crippen molar-refractivity contribution in [3.05, 3.63) is 72.6 Å². The summed E-state index contributed by atoms with van der Waals surface area (Å²) in [7, 11) is 0. The second-order valence-corrected chi connectivity index (χ2v) is 6.30. The number of hydrogen-bond donors (Lipinski definition) is 1. The lowest BCUT2D eigenvalue weighted by Gasteiger charge is -2.31. The van der Waals surface area contributed by atoms with Gasteiger partial charge >= 0.3 is 0 Å². The maximum atomic E-state index is 13.7. The zero-order chi connectivity index (χ0) is 19.2. The first-order valence-electron chi connectivity index (χ1n) is 8.81. The van der Waals surface area contributed by atoms with Crippen LogP contribution in [0, 0.1) is 5.82 Å². The Labute approximate surface area is 157 Å². The molecule has 2 aromatic rings. The van der Waals surface area contributed by atoms with Crippen LogP contribution in [-0.4, -0.2) is 35.9 Å². The summed E-state index contributed by atoms with van der Waals surface area (Å²) in [6.07, 6.45) is 2.88. The van der Waals surface area contributed by atoms with E-state index in [0.29, 0.717) is 24.5 Å². The minimum absolute atomic E-state index is 0.00124. The summed E-state index contributed by atoms with van der Waals surface area (Å²) < 4.78 is 19.6. The minimum Gasteiger partial charge on any atom is -0.490 e. The minimum atomic E-state index is -0.559.